The Hall–Kier alpha value is -0.940. The molecule has 0 radical (unpaired) electrons. The average Bonchev–Trinajstić information content (AvgIpc) is 2.87. The van der Waals surface area contributed by atoms with E-state index in [0.717, 1.165) is 31.6 Å². The Morgan fingerprint density at radius 2 is 2.05 bits per heavy atom. The zero-order chi connectivity index (χ0) is 14.6. The van der Waals surface area contributed by atoms with Crippen LogP contribution in [-0.4, -0.2) is 50.5 Å². The van der Waals surface area contributed by atoms with Gasteiger partial charge in [0.05, 0.1) is 6.10 Å². The Labute approximate surface area is 122 Å². The van der Waals surface area contributed by atoms with Crippen molar-refractivity contribution >= 4 is 0 Å². The van der Waals surface area contributed by atoms with E-state index in [1.54, 1.807) is 6.33 Å². The van der Waals surface area contributed by atoms with E-state index >= 15 is 0 Å². The summed E-state index contributed by atoms with van der Waals surface area (Å²) < 4.78 is 1.93. The minimum atomic E-state index is -0.377. The molecule has 0 amide bonds. The van der Waals surface area contributed by atoms with Gasteiger partial charge in [0.15, 0.2) is 0 Å². The van der Waals surface area contributed by atoms with E-state index in [1.165, 1.54) is 19.3 Å². The van der Waals surface area contributed by atoms with Gasteiger partial charge in [0.25, 0.3) is 0 Å². The first-order chi connectivity index (χ1) is 9.60. The molecule has 1 aliphatic carbocycles. The zero-order valence-electron chi connectivity index (χ0n) is 13.0. The van der Waals surface area contributed by atoms with Gasteiger partial charge in [-0.15, -0.1) is 0 Å². The number of aliphatic hydroxyl groups is 1. The summed E-state index contributed by atoms with van der Waals surface area (Å²) in [4.78, 5) is 6.55. The largest absolute Gasteiger partial charge is 0.391 e. The number of hydrogen-bond donors (Lipinski definition) is 1. The predicted octanol–water partition coefficient (Wildman–Crippen LogP) is 1.86. The van der Waals surface area contributed by atoms with Crippen LogP contribution in [0.5, 0.6) is 0 Å². The van der Waals surface area contributed by atoms with E-state index in [1.807, 2.05) is 4.68 Å². The van der Waals surface area contributed by atoms with Gasteiger partial charge in [0.1, 0.15) is 12.2 Å². The summed E-state index contributed by atoms with van der Waals surface area (Å²) in [6.45, 7) is 3.00. The van der Waals surface area contributed by atoms with Crippen molar-refractivity contribution in [3.63, 3.8) is 0 Å². The Kier molecular flexibility index (Phi) is 5.16. The molecule has 0 bridgehead atoms. The van der Waals surface area contributed by atoms with Crippen molar-refractivity contribution in [3.8, 4) is 0 Å². The molecule has 1 fully saturated rings. The molecule has 1 N–H and O–H groups in total. The highest BCUT2D eigenvalue weighted by Gasteiger charge is 2.41. The van der Waals surface area contributed by atoms with Crippen molar-refractivity contribution < 1.29 is 5.11 Å². The molecule has 0 aliphatic heterocycles. The van der Waals surface area contributed by atoms with Crippen LogP contribution in [-0.2, 0) is 13.0 Å². The van der Waals surface area contributed by atoms with E-state index in [0.29, 0.717) is 6.42 Å². The molecule has 1 heterocycles. The van der Waals surface area contributed by atoms with Crippen LogP contribution in [0.4, 0.5) is 0 Å². The zero-order valence-corrected chi connectivity index (χ0v) is 13.0. The predicted molar refractivity (Wildman–Crippen MR) is 79.5 cm³/mol. The lowest BCUT2D eigenvalue weighted by Crippen LogP contribution is -2.55. The second kappa shape index (κ2) is 6.68. The molecule has 5 heteroatoms. The summed E-state index contributed by atoms with van der Waals surface area (Å²) in [5, 5.41) is 15.1. The summed E-state index contributed by atoms with van der Waals surface area (Å²) in [7, 11) is 4.18. The monoisotopic (exact) mass is 280 g/mol. The summed E-state index contributed by atoms with van der Waals surface area (Å²) in [5.74, 6) is 0.908. The normalized spacial score (nSPS) is 20.2. The fourth-order valence-electron chi connectivity index (χ4n) is 3.45. The van der Waals surface area contributed by atoms with Crippen LogP contribution >= 0.6 is 0 Å². The van der Waals surface area contributed by atoms with Gasteiger partial charge in [0.2, 0.25) is 0 Å². The molecule has 1 atom stereocenters. The van der Waals surface area contributed by atoms with Gasteiger partial charge in [-0.2, -0.15) is 5.10 Å². The molecule has 0 aromatic carbocycles. The van der Waals surface area contributed by atoms with E-state index < -0.39 is 0 Å². The lowest BCUT2D eigenvalue weighted by Gasteiger charge is -2.46. The maximum atomic E-state index is 10.8. The van der Waals surface area contributed by atoms with Gasteiger partial charge in [-0.25, -0.2) is 4.98 Å². The van der Waals surface area contributed by atoms with Crippen LogP contribution in [0.3, 0.4) is 0 Å². The van der Waals surface area contributed by atoms with E-state index in [4.69, 9.17) is 0 Å². The third-order valence-corrected chi connectivity index (χ3v) is 4.74. The van der Waals surface area contributed by atoms with Gasteiger partial charge in [-0.05, 0) is 33.4 Å². The molecule has 1 aliphatic rings. The molecule has 2 rings (SSSR count). The summed E-state index contributed by atoms with van der Waals surface area (Å²) in [6.07, 6.45) is 8.69. The van der Waals surface area contributed by atoms with E-state index in [9.17, 15) is 5.11 Å². The lowest BCUT2D eigenvalue weighted by atomic mass is 9.75. The molecular formula is C15H28N4O. The average molecular weight is 280 g/mol. The number of rotatable bonds is 6. The second-order valence-corrected chi connectivity index (χ2v) is 6.18. The summed E-state index contributed by atoms with van der Waals surface area (Å²) in [5.41, 5.74) is -0.0960. The van der Waals surface area contributed by atoms with Crippen LogP contribution in [0.25, 0.3) is 0 Å². The standard InChI is InChI=1S/C15H28N4O/c1-4-10-19-14(16-12-17-19)11-13(20)15(18(2)3)8-6-5-7-9-15/h12-13,20H,4-11H2,1-3H3. The smallest absolute Gasteiger partial charge is 0.138 e. The Morgan fingerprint density at radius 3 is 2.65 bits per heavy atom. The molecule has 0 spiro atoms. The lowest BCUT2D eigenvalue weighted by molar-refractivity contribution is -0.0323. The third-order valence-electron chi connectivity index (χ3n) is 4.74. The quantitative estimate of drug-likeness (QED) is 0.864. The number of hydrogen-bond acceptors (Lipinski definition) is 4. The molecule has 1 unspecified atom stereocenters. The number of likely N-dealkylation sites (N-methyl/N-ethyl adjacent to an activating group) is 1. The third kappa shape index (κ3) is 3.04. The minimum absolute atomic E-state index is 0.0960. The maximum Gasteiger partial charge on any atom is 0.138 e. The summed E-state index contributed by atoms with van der Waals surface area (Å²) in [6, 6.07) is 0. The summed E-state index contributed by atoms with van der Waals surface area (Å²) >= 11 is 0. The van der Waals surface area contributed by atoms with Crippen molar-refractivity contribution in [2.75, 3.05) is 14.1 Å². The van der Waals surface area contributed by atoms with Gasteiger partial charge >= 0.3 is 0 Å². The molecule has 20 heavy (non-hydrogen) atoms. The van der Waals surface area contributed by atoms with Crippen LogP contribution in [0.15, 0.2) is 6.33 Å². The van der Waals surface area contributed by atoms with Crippen LogP contribution in [0.2, 0.25) is 0 Å². The number of aryl methyl sites for hydroxylation is 1. The molecule has 1 aromatic heterocycles. The highest BCUT2D eigenvalue weighted by molar-refractivity contribution is 5.01. The van der Waals surface area contributed by atoms with Crippen molar-refractivity contribution in [3.05, 3.63) is 12.2 Å². The molecule has 0 saturated heterocycles. The topological polar surface area (TPSA) is 54.2 Å². The maximum absolute atomic E-state index is 10.8. The SMILES string of the molecule is CCCn1ncnc1CC(O)C1(N(C)C)CCCCC1. The minimum Gasteiger partial charge on any atom is -0.391 e. The van der Waals surface area contributed by atoms with Gasteiger partial charge in [0, 0.05) is 18.5 Å². The highest BCUT2D eigenvalue weighted by Crippen LogP contribution is 2.36. The number of aromatic nitrogens is 3. The van der Waals surface area contributed by atoms with Crippen molar-refractivity contribution in [1.29, 1.82) is 0 Å². The molecular weight excluding hydrogens is 252 g/mol. The molecule has 114 valence electrons. The first-order valence-electron chi connectivity index (χ1n) is 7.82. The van der Waals surface area contributed by atoms with Crippen LogP contribution < -0.4 is 0 Å². The highest BCUT2D eigenvalue weighted by atomic mass is 16.3. The molecule has 1 saturated carbocycles. The van der Waals surface area contributed by atoms with Crippen molar-refractivity contribution in [2.45, 2.75) is 70.1 Å². The van der Waals surface area contributed by atoms with E-state index in [-0.39, 0.29) is 11.6 Å². The fraction of sp³-hybridized carbons (Fsp3) is 0.867. The number of aliphatic hydroxyl groups excluding tert-OH is 1. The Balaban J connectivity index is 2.12. The van der Waals surface area contributed by atoms with Gasteiger partial charge in [-0.1, -0.05) is 26.2 Å². The van der Waals surface area contributed by atoms with E-state index in [2.05, 4.69) is 36.0 Å². The molecule has 1 aromatic rings. The number of nitrogens with zero attached hydrogens (tertiary/aromatic N) is 4. The van der Waals surface area contributed by atoms with Crippen LogP contribution in [0.1, 0.15) is 51.3 Å². The van der Waals surface area contributed by atoms with Gasteiger partial charge < -0.3 is 10.0 Å². The first-order valence-corrected chi connectivity index (χ1v) is 7.82. The molecule has 5 nitrogen and oxygen atoms in total. The van der Waals surface area contributed by atoms with Crippen LogP contribution in [0, 0.1) is 0 Å². The Bertz CT molecular complexity index is 410. The van der Waals surface area contributed by atoms with Gasteiger partial charge in [-0.3, -0.25) is 4.68 Å². The first kappa shape index (κ1) is 15.4. The Morgan fingerprint density at radius 1 is 1.35 bits per heavy atom. The fourth-order valence-corrected chi connectivity index (χ4v) is 3.45. The van der Waals surface area contributed by atoms with Crippen molar-refractivity contribution in [2.24, 2.45) is 0 Å². The van der Waals surface area contributed by atoms with Crippen molar-refractivity contribution in [1.82, 2.24) is 19.7 Å². The second-order valence-electron chi connectivity index (χ2n) is 6.18.